The minimum atomic E-state index is -4.50. The first-order chi connectivity index (χ1) is 16.1. The van der Waals surface area contributed by atoms with Crippen LogP contribution in [0.2, 0.25) is 0 Å². The summed E-state index contributed by atoms with van der Waals surface area (Å²) in [6.45, 7) is 1.39. The Morgan fingerprint density at radius 3 is 2.18 bits per heavy atom. The molecule has 2 amide bonds. The standard InChI is InChI=1S/C25H21F3N2O4/c1-15(31)29-20-9-6-16(7-10-20)12-23(32)30-22-11-8-18(14-21(22)24(33)34-2)17-4-3-5-19(13-17)25(26,27)28/h3-11,13-14H,12H2,1-2H3,(H,29,31)(H,30,32). The summed E-state index contributed by atoms with van der Waals surface area (Å²) in [5.41, 5.74) is 1.25. The van der Waals surface area contributed by atoms with Gasteiger partial charge in [-0.1, -0.05) is 30.3 Å². The fourth-order valence-corrected chi connectivity index (χ4v) is 3.28. The number of nitrogens with one attached hydrogen (secondary N) is 2. The Kier molecular flexibility index (Phi) is 7.35. The average Bonchev–Trinajstić information content (AvgIpc) is 2.79. The van der Waals surface area contributed by atoms with Crippen LogP contribution in [0, 0.1) is 0 Å². The molecule has 3 aromatic carbocycles. The number of hydrogen-bond donors (Lipinski definition) is 2. The molecule has 0 saturated carbocycles. The zero-order chi connectivity index (χ0) is 24.9. The second kappa shape index (κ2) is 10.2. The molecular formula is C25H21F3N2O4. The predicted octanol–water partition coefficient (Wildman–Crippen LogP) is 5.30. The van der Waals surface area contributed by atoms with Gasteiger partial charge in [0.1, 0.15) is 0 Å². The van der Waals surface area contributed by atoms with Crippen molar-refractivity contribution in [2.45, 2.75) is 19.5 Å². The molecule has 0 aliphatic heterocycles. The molecule has 0 fully saturated rings. The first-order valence-electron chi connectivity index (χ1n) is 10.1. The van der Waals surface area contributed by atoms with Crippen LogP contribution in [0.1, 0.15) is 28.4 Å². The maximum atomic E-state index is 13.1. The molecule has 34 heavy (non-hydrogen) atoms. The van der Waals surface area contributed by atoms with Crippen LogP contribution < -0.4 is 10.6 Å². The largest absolute Gasteiger partial charge is 0.465 e. The Balaban J connectivity index is 1.82. The van der Waals surface area contributed by atoms with E-state index in [1.807, 2.05) is 0 Å². The number of carbonyl (C=O) groups is 3. The zero-order valence-corrected chi connectivity index (χ0v) is 18.3. The quantitative estimate of drug-likeness (QED) is 0.479. The smallest absolute Gasteiger partial charge is 0.416 e. The van der Waals surface area contributed by atoms with Gasteiger partial charge in [0, 0.05) is 12.6 Å². The van der Waals surface area contributed by atoms with Crippen molar-refractivity contribution in [3.8, 4) is 11.1 Å². The van der Waals surface area contributed by atoms with Gasteiger partial charge >= 0.3 is 12.1 Å². The van der Waals surface area contributed by atoms with Crippen LogP contribution >= 0.6 is 0 Å². The summed E-state index contributed by atoms with van der Waals surface area (Å²) in [4.78, 5) is 36.0. The van der Waals surface area contributed by atoms with Crippen LogP contribution in [0.5, 0.6) is 0 Å². The summed E-state index contributed by atoms with van der Waals surface area (Å²) >= 11 is 0. The van der Waals surface area contributed by atoms with Crippen LogP contribution in [-0.2, 0) is 26.9 Å². The molecule has 0 bridgehead atoms. The third-order valence-electron chi connectivity index (χ3n) is 4.86. The Morgan fingerprint density at radius 2 is 1.56 bits per heavy atom. The van der Waals surface area contributed by atoms with Gasteiger partial charge in [0.2, 0.25) is 11.8 Å². The van der Waals surface area contributed by atoms with E-state index in [9.17, 15) is 27.6 Å². The lowest BCUT2D eigenvalue weighted by Crippen LogP contribution is -2.17. The summed E-state index contributed by atoms with van der Waals surface area (Å²) < 4.78 is 44.0. The highest BCUT2D eigenvalue weighted by atomic mass is 19.4. The van der Waals surface area contributed by atoms with Gasteiger partial charge < -0.3 is 15.4 Å². The van der Waals surface area contributed by atoms with Crippen molar-refractivity contribution in [2.75, 3.05) is 17.7 Å². The molecule has 0 heterocycles. The van der Waals surface area contributed by atoms with Crippen LogP contribution in [-0.4, -0.2) is 24.9 Å². The number of amides is 2. The van der Waals surface area contributed by atoms with Crippen molar-refractivity contribution in [3.05, 3.63) is 83.4 Å². The van der Waals surface area contributed by atoms with E-state index < -0.39 is 23.6 Å². The molecule has 0 spiro atoms. The van der Waals surface area contributed by atoms with Crippen LogP contribution in [0.15, 0.2) is 66.7 Å². The number of rotatable bonds is 6. The number of alkyl halides is 3. The van der Waals surface area contributed by atoms with E-state index in [0.717, 1.165) is 12.1 Å². The number of esters is 1. The van der Waals surface area contributed by atoms with Gasteiger partial charge in [-0.25, -0.2) is 4.79 Å². The average molecular weight is 470 g/mol. The summed E-state index contributed by atoms with van der Waals surface area (Å²) in [7, 11) is 1.17. The molecule has 3 aromatic rings. The number of benzene rings is 3. The zero-order valence-electron chi connectivity index (χ0n) is 18.3. The monoisotopic (exact) mass is 470 g/mol. The normalized spacial score (nSPS) is 11.0. The minimum absolute atomic E-state index is 0.00363. The molecule has 3 rings (SSSR count). The first kappa shape index (κ1) is 24.5. The molecule has 176 valence electrons. The van der Waals surface area contributed by atoms with E-state index in [1.165, 1.54) is 44.4 Å². The Morgan fingerprint density at radius 1 is 0.882 bits per heavy atom. The Bertz CT molecular complexity index is 1220. The van der Waals surface area contributed by atoms with Gasteiger partial charge in [0.25, 0.3) is 0 Å². The van der Waals surface area contributed by atoms with E-state index in [1.54, 1.807) is 24.3 Å². The molecule has 0 radical (unpaired) electrons. The second-order valence-corrected chi connectivity index (χ2v) is 7.43. The maximum absolute atomic E-state index is 13.1. The SMILES string of the molecule is COC(=O)c1cc(-c2cccc(C(F)(F)F)c2)ccc1NC(=O)Cc1ccc(NC(C)=O)cc1. The molecule has 0 atom stereocenters. The number of hydrogen-bond acceptors (Lipinski definition) is 4. The molecule has 9 heteroatoms. The number of halogens is 3. The molecule has 6 nitrogen and oxygen atoms in total. The summed E-state index contributed by atoms with van der Waals surface area (Å²) in [5, 5.41) is 5.27. The first-order valence-corrected chi connectivity index (χ1v) is 10.1. The Hall–Kier alpha value is -4.14. The van der Waals surface area contributed by atoms with Crippen LogP contribution in [0.25, 0.3) is 11.1 Å². The second-order valence-electron chi connectivity index (χ2n) is 7.43. The van der Waals surface area contributed by atoms with Crippen molar-refractivity contribution < 1.29 is 32.3 Å². The molecule has 0 aliphatic rings. The van der Waals surface area contributed by atoms with Crippen molar-refractivity contribution in [3.63, 3.8) is 0 Å². The highest BCUT2D eigenvalue weighted by molar-refractivity contribution is 6.02. The number of ether oxygens (including phenoxy) is 1. The molecular weight excluding hydrogens is 449 g/mol. The fourth-order valence-electron chi connectivity index (χ4n) is 3.28. The Labute approximate surface area is 193 Å². The number of anilines is 2. The third-order valence-corrected chi connectivity index (χ3v) is 4.86. The van der Waals surface area contributed by atoms with Crippen LogP contribution in [0.4, 0.5) is 24.5 Å². The molecule has 0 aliphatic carbocycles. The van der Waals surface area contributed by atoms with E-state index in [0.29, 0.717) is 16.8 Å². The highest BCUT2D eigenvalue weighted by Crippen LogP contribution is 2.33. The number of carbonyl (C=O) groups excluding carboxylic acids is 3. The highest BCUT2D eigenvalue weighted by Gasteiger charge is 2.30. The van der Waals surface area contributed by atoms with E-state index in [2.05, 4.69) is 10.6 Å². The lowest BCUT2D eigenvalue weighted by Gasteiger charge is -2.13. The molecule has 0 saturated heterocycles. The van der Waals surface area contributed by atoms with Crippen LogP contribution in [0.3, 0.4) is 0 Å². The molecule has 0 aromatic heterocycles. The van der Waals surface area contributed by atoms with E-state index >= 15 is 0 Å². The fraction of sp³-hybridized carbons (Fsp3) is 0.160. The van der Waals surface area contributed by atoms with Gasteiger partial charge in [-0.05, 0) is 53.1 Å². The predicted molar refractivity (Wildman–Crippen MR) is 121 cm³/mol. The summed E-state index contributed by atoms with van der Waals surface area (Å²) in [6, 6.07) is 15.7. The summed E-state index contributed by atoms with van der Waals surface area (Å²) in [5.74, 6) is -1.37. The lowest BCUT2D eigenvalue weighted by atomic mass is 9.99. The lowest BCUT2D eigenvalue weighted by molar-refractivity contribution is -0.137. The van der Waals surface area contributed by atoms with E-state index in [4.69, 9.17) is 4.74 Å². The van der Waals surface area contributed by atoms with E-state index in [-0.39, 0.29) is 29.1 Å². The minimum Gasteiger partial charge on any atom is -0.465 e. The molecule has 0 unspecified atom stereocenters. The van der Waals surface area contributed by atoms with Crippen molar-refractivity contribution in [1.82, 2.24) is 0 Å². The third kappa shape index (κ3) is 6.22. The van der Waals surface area contributed by atoms with Gasteiger partial charge in [0.15, 0.2) is 0 Å². The van der Waals surface area contributed by atoms with Crippen molar-refractivity contribution in [2.24, 2.45) is 0 Å². The summed E-state index contributed by atoms with van der Waals surface area (Å²) in [6.07, 6.45) is -4.51. The van der Waals surface area contributed by atoms with Crippen molar-refractivity contribution >= 4 is 29.2 Å². The number of methoxy groups -OCH3 is 1. The van der Waals surface area contributed by atoms with Gasteiger partial charge in [0.05, 0.1) is 30.3 Å². The van der Waals surface area contributed by atoms with Gasteiger partial charge in [-0.3, -0.25) is 9.59 Å². The van der Waals surface area contributed by atoms with Gasteiger partial charge in [-0.2, -0.15) is 13.2 Å². The van der Waals surface area contributed by atoms with Crippen molar-refractivity contribution in [1.29, 1.82) is 0 Å². The topological polar surface area (TPSA) is 84.5 Å². The maximum Gasteiger partial charge on any atom is 0.416 e. The van der Waals surface area contributed by atoms with Gasteiger partial charge in [-0.15, -0.1) is 0 Å². The molecule has 2 N–H and O–H groups in total.